The average Bonchev–Trinajstić information content (AvgIpc) is 2.71. The van der Waals surface area contributed by atoms with E-state index in [0.717, 1.165) is 6.07 Å². The molecule has 0 atom stereocenters. The van der Waals surface area contributed by atoms with Crippen molar-refractivity contribution in [2.75, 3.05) is 13.7 Å². The second-order valence-corrected chi connectivity index (χ2v) is 6.61. The highest BCUT2D eigenvalue weighted by molar-refractivity contribution is 5.93. The predicted molar refractivity (Wildman–Crippen MR) is 104 cm³/mol. The fourth-order valence-electron chi connectivity index (χ4n) is 2.75. The minimum Gasteiger partial charge on any atom is -0.493 e. The van der Waals surface area contributed by atoms with Crippen LogP contribution in [0.3, 0.4) is 0 Å². The van der Waals surface area contributed by atoms with Crippen LogP contribution in [0.25, 0.3) is 6.08 Å². The smallest absolute Gasteiger partial charge is 0.416 e. The van der Waals surface area contributed by atoms with Crippen LogP contribution in [0.5, 0.6) is 11.5 Å². The van der Waals surface area contributed by atoms with Gasteiger partial charge in [0.25, 0.3) is 0 Å². The highest BCUT2D eigenvalue weighted by Crippen LogP contribution is 2.38. The van der Waals surface area contributed by atoms with E-state index in [0.29, 0.717) is 17.2 Å². The van der Waals surface area contributed by atoms with Crippen molar-refractivity contribution in [1.29, 1.82) is 0 Å². The molecule has 0 radical (unpaired) electrons. The Bertz CT molecular complexity index is 993. The molecule has 4 nitrogen and oxygen atoms in total. The molecule has 0 bridgehead atoms. The first-order chi connectivity index (χ1) is 14.9. The zero-order chi connectivity index (χ0) is 24.1. The van der Waals surface area contributed by atoms with Crippen LogP contribution in [0.4, 0.5) is 26.3 Å². The fourth-order valence-corrected chi connectivity index (χ4v) is 2.75. The van der Waals surface area contributed by atoms with Gasteiger partial charge in [-0.15, -0.1) is 0 Å². The van der Waals surface area contributed by atoms with Gasteiger partial charge in [-0.3, -0.25) is 0 Å². The van der Waals surface area contributed by atoms with E-state index in [1.54, 1.807) is 13.8 Å². The molecule has 0 aliphatic heterocycles. The Hall–Kier alpha value is -3.17. The zero-order valence-electron chi connectivity index (χ0n) is 17.4. The number of benzene rings is 2. The molecule has 0 heterocycles. The summed E-state index contributed by atoms with van der Waals surface area (Å²) in [6.45, 7) is 2.80. The molecule has 174 valence electrons. The van der Waals surface area contributed by atoms with Gasteiger partial charge >= 0.3 is 18.3 Å². The Morgan fingerprint density at radius 2 is 1.66 bits per heavy atom. The zero-order valence-corrected chi connectivity index (χ0v) is 17.4. The van der Waals surface area contributed by atoms with Crippen LogP contribution in [-0.4, -0.2) is 19.7 Å². The average molecular weight is 462 g/mol. The van der Waals surface area contributed by atoms with Crippen molar-refractivity contribution in [3.8, 4) is 11.5 Å². The molecule has 0 aromatic heterocycles. The third-order valence-corrected chi connectivity index (χ3v) is 4.29. The largest absolute Gasteiger partial charge is 0.493 e. The molecule has 32 heavy (non-hydrogen) atoms. The first kappa shape index (κ1) is 25.1. The molecule has 2 aromatic rings. The SMILES string of the molecule is CCOC(=O)C(C)=Cc1ccc(OCc2ccc(C(F)(F)F)cc2C(F)(F)F)c(OC)c1. The molecule has 2 rings (SSSR count). The van der Waals surface area contributed by atoms with Gasteiger partial charge in [-0.25, -0.2) is 4.79 Å². The number of carbonyl (C=O) groups is 1. The summed E-state index contributed by atoms with van der Waals surface area (Å²) in [6, 6.07) is 5.81. The lowest BCUT2D eigenvalue weighted by Gasteiger charge is -2.17. The van der Waals surface area contributed by atoms with Crippen LogP contribution in [0.1, 0.15) is 36.1 Å². The van der Waals surface area contributed by atoms with E-state index in [2.05, 4.69) is 0 Å². The highest BCUT2D eigenvalue weighted by atomic mass is 19.4. The molecule has 0 aliphatic rings. The van der Waals surface area contributed by atoms with Gasteiger partial charge in [0.05, 0.1) is 24.8 Å². The molecule has 0 N–H and O–H groups in total. The third-order valence-electron chi connectivity index (χ3n) is 4.29. The molecule has 10 heteroatoms. The highest BCUT2D eigenvalue weighted by Gasteiger charge is 2.38. The quantitative estimate of drug-likeness (QED) is 0.276. The second kappa shape index (κ2) is 9.97. The molecular formula is C22H20F6O4. The Balaban J connectivity index is 2.29. The number of rotatable bonds is 7. The molecular weight excluding hydrogens is 442 g/mol. The summed E-state index contributed by atoms with van der Waals surface area (Å²) in [6.07, 6.45) is -8.38. The number of carbonyl (C=O) groups excluding carboxylic acids is 1. The molecule has 0 saturated heterocycles. The van der Waals surface area contributed by atoms with Crippen molar-refractivity contribution in [1.82, 2.24) is 0 Å². The normalized spacial score (nSPS) is 12.5. The maximum atomic E-state index is 13.3. The van der Waals surface area contributed by atoms with E-state index in [9.17, 15) is 31.1 Å². The van der Waals surface area contributed by atoms with Gasteiger partial charge in [0.1, 0.15) is 6.61 Å². The topological polar surface area (TPSA) is 44.8 Å². The summed E-state index contributed by atoms with van der Waals surface area (Å²) in [7, 11) is 1.31. The second-order valence-electron chi connectivity index (χ2n) is 6.61. The molecule has 0 amide bonds. The number of halogens is 6. The molecule has 0 aliphatic carbocycles. The Morgan fingerprint density at radius 1 is 0.969 bits per heavy atom. The lowest BCUT2D eigenvalue weighted by atomic mass is 10.0. The number of methoxy groups -OCH3 is 1. The van der Waals surface area contributed by atoms with E-state index in [-0.39, 0.29) is 24.2 Å². The van der Waals surface area contributed by atoms with Gasteiger partial charge in [-0.05, 0) is 49.8 Å². The van der Waals surface area contributed by atoms with E-state index in [4.69, 9.17) is 14.2 Å². The lowest BCUT2D eigenvalue weighted by Crippen LogP contribution is -2.14. The minimum absolute atomic E-state index is 0.0575. The summed E-state index contributed by atoms with van der Waals surface area (Å²) in [5, 5.41) is 0. The Labute approximate surface area is 180 Å². The van der Waals surface area contributed by atoms with Crippen LogP contribution < -0.4 is 9.47 Å². The lowest BCUT2D eigenvalue weighted by molar-refractivity contribution is -0.143. The van der Waals surface area contributed by atoms with Gasteiger partial charge < -0.3 is 14.2 Å². The minimum atomic E-state index is -5.00. The molecule has 0 unspecified atom stereocenters. The van der Waals surface area contributed by atoms with Crippen molar-refractivity contribution < 1.29 is 45.3 Å². The molecule has 0 spiro atoms. The van der Waals surface area contributed by atoms with Gasteiger partial charge in [-0.2, -0.15) is 26.3 Å². The van der Waals surface area contributed by atoms with Crippen molar-refractivity contribution in [3.63, 3.8) is 0 Å². The van der Waals surface area contributed by atoms with E-state index in [1.807, 2.05) is 0 Å². The summed E-state index contributed by atoms with van der Waals surface area (Å²) < 4.78 is 93.8. The van der Waals surface area contributed by atoms with Crippen molar-refractivity contribution >= 4 is 12.0 Å². The van der Waals surface area contributed by atoms with E-state index < -0.39 is 41.6 Å². The summed E-state index contributed by atoms with van der Waals surface area (Å²) in [5.41, 5.74) is -2.43. The van der Waals surface area contributed by atoms with Crippen LogP contribution >= 0.6 is 0 Å². The maximum Gasteiger partial charge on any atom is 0.416 e. The van der Waals surface area contributed by atoms with E-state index in [1.165, 1.54) is 31.4 Å². The predicted octanol–water partition coefficient (Wildman–Crippen LogP) is 6.28. The molecule has 2 aromatic carbocycles. The monoisotopic (exact) mass is 462 g/mol. The Morgan fingerprint density at radius 3 is 2.22 bits per heavy atom. The van der Waals surface area contributed by atoms with Gasteiger partial charge in [0.2, 0.25) is 0 Å². The van der Waals surface area contributed by atoms with Crippen LogP contribution in [0.2, 0.25) is 0 Å². The van der Waals surface area contributed by atoms with E-state index >= 15 is 0 Å². The van der Waals surface area contributed by atoms with Gasteiger partial charge in [0.15, 0.2) is 11.5 Å². The number of esters is 1. The van der Waals surface area contributed by atoms with Crippen LogP contribution in [-0.2, 0) is 28.5 Å². The number of hydrogen-bond acceptors (Lipinski definition) is 4. The summed E-state index contributed by atoms with van der Waals surface area (Å²) >= 11 is 0. The molecule has 0 saturated carbocycles. The first-order valence-corrected chi connectivity index (χ1v) is 9.30. The number of ether oxygens (including phenoxy) is 3. The third kappa shape index (κ3) is 6.41. The maximum absolute atomic E-state index is 13.3. The fraction of sp³-hybridized carbons (Fsp3) is 0.318. The van der Waals surface area contributed by atoms with Crippen molar-refractivity contribution in [2.45, 2.75) is 32.8 Å². The summed E-state index contributed by atoms with van der Waals surface area (Å²) in [4.78, 5) is 11.7. The van der Waals surface area contributed by atoms with Crippen molar-refractivity contribution in [3.05, 3.63) is 64.2 Å². The number of alkyl halides is 6. The first-order valence-electron chi connectivity index (χ1n) is 9.30. The number of hydrogen-bond donors (Lipinski definition) is 0. The van der Waals surface area contributed by atoms with Gasteiger partial charge in [-0.1, -0.05) is 12.1 Å². The Kier molecular flexibility index (Phi) is 7.82. The van der Waals surface area contributed by atoms with Crippen LogP contribution in [0.15, 0.2) is 42.0 Å². The van der Waals surface area contributed by atoms with Gasteiger partial charge in [0, 0.05) is 11.1 Å². The molecule has 0 fully saturated rings. The van der Waals surface area contributed by atoms with Crippen molar-refractivity contribution in [2.24, 2.45) is 0 Å². The van der Waals surface area contributed by atoms with Crippen LogP contribution in [0, 0.1) is 0 Å². The summed E-state index contributed by atoms with van der Waals surface area (Å²) in [5.74, 6) is -0.267. The standard InChI is InChI=1S/C22H20F6O4/c1-4-31-20(29)13(2)9-14-5-8-18(19(10-14)30-3)32-12-15-6-7-16(21(23,24)25)11-17(15)22(26,27)28/h5-11H,4,12H2,1-3H3.